The number of benzene rings is 1. The zero-order valence-electron chi connectivity index (χ0n) is 14.0. The summed E-state index contributed by atoms with van der Waals surface area (Å²) in [6.07, 6.45) is -0.377. The van der Waals surface area contributed by atoms with Crippen molar-refractivity contribution in [2.75, 3.05) is 0 Å². The highest BCUT2D eigenvalue weighted by molar-refractivity contribution is 5.93. The molecule has 0 bridgehead atoms. The molecular formula is C16H22O10. The summed E-state index contributed by atoms with van der Waals surface area (Å²) >= 11 is 0. The summed E-state index contributed by atoms with van der Waals surface area (Å²) in [6.45, 7) is 1.90. The summed E-state index contributed by atoms with van der Waals surface area (Å²) in [5, 5.41) is 49.0. The smallest absolute Gasteiger partial charge is 0.335 e. The molecule has 0 aromatic heterocycles. The molecule has 10 nitrogen and oxygen atoms in total. The number of carboxylic acids is 4. The maximum absolute atomic E-state index is 10.4. The van der Waals surface area contributed by atoms with Crippen LogP contribution in [0.4, 0.5) is 0 Å². The fourth-order valence-electron chi connectivity index (χ4n) is 1.26. The van der Waals surface area contributed by atoms with Gasteiger partial charge in [0, 0.05) is 0 Å². The Kier molecular flexibility index (Phi) is 14.0. The number of carboxylic acid groups (broad SMARTS) is 4. The lowest BCUT2D eigenvalue weighted by molar-refractivity contribution is -0.143. The molecule has 1 rings (SSSR count). The SMILES string of the molecule is CCCC(O)O.O=C(O)CCC(=O)O.O=C(O)c1cccc(C(=O)O)c1. The van der Waals surface area contributed by atoms with Crippen molar-refractivity contribution in [1.82, 2.24) is 0 Å². The van der Waals surface area contributed by atoms with Crippen LogP contribution in [-0.2, 0) is 9.59 Å². The Hall–Kier alpha value is -2.98. The van der Waals surface area contributed by atoms with E-state index in [2.05, 4.69) is 0 Å². The predicted octanol–water partition coefficient (Wildman–Crippen LogP) is 1.12. The molecule has 0 atom stereocenters. The van der Waals surface area contributed by atoms with E-state index in [0.29, 0.717) is 6.42 Å². The summed E-state index contributed by atoms with van der Waals surface area (Å²) in [7, 11) is 0. The minimum absolute atomic E-state index is 0.0186. The second kappa shape index (κ2) is 14.4. The molecule has 0 saturated heterocycles. The van der Waals surface area contributed by atoms with Gasteiger partial charge in [0.05, 0.1) is 24.0 Å². The second-order valence-corrected chi connectivity index (χ2v) is 4.75. The first-order valence-electron chi connectivity index (χ1n) is 7.37. The molecule has 0 unspecified atom stereocenters. The molecule has 1 aromatic rings. The summed E-state index contributed by atoms with van der Waals surface area (Å²) in [5.74, 6) is -4.41. The zero-order valence-corrected chi connectivity index (χ0v) is 14.0. The van der Waals surface area contributed by atoms with E-state index in [9.17, 15) is 19.2 Å². The lowest BCUT2D eigenvalue weighted by Crippen LogP contribution is -2.01. The lowest BCUT2D eigenvalue weighted by Gasteiger charge is -1.95. The topological polar surface area (TPSA) is 190 Å². The van der Waals surface area contributed by atoms with E-state index in [-0.39, 0.29) is 24.0 Å². The predicted molar refractivity (Wildman–Crippen MR) is 88.0 cm³/mol. The van der Waals surface area contributed by atoms with Crippen LogP contribution in [0.25, 0.3) is 0 Å². The second-order valence-electron chi connectivity index (χ2n) is 4.75. The summed E-state index contributed by atoms with van der Waals surface area (Å²) in [5.41, 5.74) is -0.0372. The van der Waals surface area contributed by atoms with E-state index in [4.69, 9.17) is 30.6 Å². The average molecular weight is 374 g/mol. The number of aliphatic hydroxyl groups excluding tert-OH is 1. The van der Waals surface area contributed by atoms with Crippen molar-refractivity contribution in [3.63, 3.8) is 0 Å². The molecule has 10 heteroatoms. The Morgan fingerprint density at radius 2 is 1.23 bits per heavy atom. The Bertz CT molecular complexity index is 551. The van der Waals surface area contributed by atoms with Crippen LogP contribution in [0.3, 0.4) is 0 Å². The summed E-state index contributed by atoms with van der Waals surface area (Å²) in [6, 6.07) is 5.20. The lowest BCUT2D eigenvalue weighted by atomic mass is 10.1. The number of carbonyl (C=O) groups is 4. The first-order chi connectivity index (χ1) is 12.0. The van der Waals surface area contributed by atoms with Gasteiger partial charge in [0.1, 0.15) is 0 Å². The molecular weight excluding hydrogens is 352 g/mol. The van der Waals surface area contributed by atoms with Crippen LogP contribution >= 0.6 is 0 Å². The number of hydrogen-bond donors (Lipinski definition) is 6. The van der Waals surface area contributed by atoms with Crippen LogP contribution in [0.15, 0.2) is 24.3 Å². The van der Waals surface area contributed by atoms with Crippen LogP contribution in [0, 0.1) is 0 Å². The largest absolute Gasteiger partial charge is 0.481 e. The van der Waals surface area contributed by atoms with Gasteiger partial charge in [-0.3, -0.25) is 9.59 Å². The number of aromatic carboxylic acids is 2. The minimum atomic E-state index is -1.13. The van der Waals surface area contributed by atoms with E-state index in [1.165, 1.54) is 18.2 Å². The molecule has 26 heavy (non-hydrogen) atoms. The van der Waals surface area contributed by atoms with Gasteiger partial charge in [-0.15, -0.1) is 0 Å². The van der Waals surface area contributed by atoms with E-state index in [1.807, 2.05) is 6.92 Å². The monoisotopic (exact) mass is 374 g/mol. The van der Waals surface area contributed by atoms with Crippen molar-refractivity contribution < 1.29 is 49.8 Å². The highest BCUT2D eigenvalue weighted by atomic mass is 16.5. The first kappa shape index (κ1) is 25.3. The highest BCUT2D eigenvalue weighted by Crippen LogP contribution is 2.04. The Balaban J connectivity index is 0. The molecule has 0 fully saturated rings. The van der Waals surface area contributed by atoms with Crippen LogP contribution in [0.1, 0.15) is 53.3 Å². The van der Waals surface area contributed by atoms with Crippen LogP contribution in [0.2, 0.25) is 0 Å². The molecule has 0 radical (unpaired) electrons. The fourth-order valence-corrected chi connectivity index (χ4v) is 1.26. The molecule has 1 aromatic carbocycles. The van der Waals surface area contributed by atoms with Gasteiger partial charge in [0.25, 0.3) is 0 Å². The van der Waals surface area contributed by atoms with Crippen LogP contribution in [0.5, 0.6) is 0 Å². The molecule has 0 spiro atoms. The number of aliphatic carboxylic acids is 2. The fraction of sp³-hybridized carbons (Fsp3) is 0.375. The third kappa shape index (κ3) is 15.9. The number of hydrogen-bond acceptors (Lipinski definition) is 6. The molecule has 0 aliphatic rings. The van der Waals surface area contributed by atoms with E-state index in [0.717, 1.165) is 12.5 Å². The summed E-state index contributed by atoms with van der Waals surface area (Å²) < 4.78 is 0. The van der Waals surface area contributed by atoms with Crippen molar-refractivity contribution in [2.24, 2.45) is 0 Å². The number of aliphatic hydroxyl groups is 2. The van der Waals surface area contributed by atoms with Gasteiger partial charge in [0.15, 0.2) is 6.29 Å². The standard InChI is InChI=1S/C8H6O4.C4H6O4.C4H10O2/c9-7(10)5-2-1-3-6(4-5)8(11)12;5-3(6)1-2-4(7)8;1-2-3-4(5)6/h1-4H,(H,9,10)(H,11,12);1-2H2,(H,5,6)(H,7,8);4-6H,2-3H2,1H3. The first-order valence-corrected chi connectivity index (χ1v) is 7.37. The normalized spacial score (nSPS) is 9.23. The van der Waals surface area contributed by atoms with Gasteiger partial charge < -0.3 is 30.6 Å². The third-order valence-corrected chi connectivity index (χ3v) is 2.46. The van der Waals surface area contributed by atoms with Gasteiger partial charge in [-0.2, -0.15) is 0 Å². The van der Waals surface area contributed by atoms with Crippen LogP contribution < -0.4 is 0 Å². The van der Waals surface area contributed by atoms with Gasteiger partial charge in [0.2, 0.25) is 0 Å². The average Bonchev–Trinajstić information content (AvgIpc) is 2.54. The molecule has 0 amide bonds. The summed E-state index contributed by atoms with van der Waals surface area (Å²) in [4.78, 5) is 40.0. The Labute approximate surface area is 149 Å². The van der Waals surface area contributed by atoms with Crippen molar-refractivity contribution in [1.29, 1.82) is 0 Å². The minimum Gasteiger partial charge on any atom is -0.481 e. The Morgan fingerprint density at radius 1 is 0.846 bits per heavy atom. The van der Waals surface area contributed by atoms with Gasteiger partial charge >= 0.3 is 23.9 Å². The van der Waals surface area contributed by atoms with Crippen molar-refractivity contribution in [2.45, 2.75) is 38.9 Å². The quantitative estimate of drug-likeness (QED) is 0.377. The van der Waals surface area contributed by atoms with Crippen molar-refractivity contribution >= 4 is 23.9 Å². The maximum atomic E-state index is 10.4. The van der Waals surface area contributed by atoms with E-state index < -0.39 is 30.2 Å². The number of rotatable bonds is 7. The van der Waals surface area contributed by atoms with Gasteiger partial charge in [-0.05, 0) is 24.6 Å². The van der Waals surface area contributed by atoms with Crippen molar-refractivity contribution in [3.05, 3.63) is 35.4 Å². The van der Waals surface area contributed by atoms with Crippen LogP contribution in [-0.4, -0.2) is 60.8 Å². The Morgan fingerprint density at radius 3 is 1.42 bits per heavy atom. The maximum Gasteiger partial charge on any atom is 0.335 e. The van der Waals surface area contributed by atoms with Crippen molar-refractivity contribution in [3.8, 4) is 0 Å². The molecule has 0 heterocycles. The molecule has 0 aliphatic carbocycles. The molecule has 0 saturated carbocycles. The van der Waals surface area contributed by atoms with Gasteiger partial charge in [-0.25, -0.2) is 9.59 Å². The molecule has 0 aliphatic heterocycles. The van der Waals surface area contributed by atoms with Gasteiger partial charge in [-0.1, -0.05) is 19.4 Å². The van der Waals surface area contributed by atoms with E-state index in [1.54, 1.807) is 0 Å². The highest BCUT2D eigenvalue weighted by Gasteiger charge is 2.06. The van der Waals surface area contributed by atoms with E-state index >= 15 is 0 Å². The zero-order chi connectivity index (χ0) is 20.7. The molecule has 146 valence electrons. The molecule has 6 N–H and O–H groups in total. The third-order valence-electron chi connectivity index (χ3n) is 2.46.